The quantitative estimate of drug-likeness (QED) is 0.882. The summed E-state index contributed by atoms with van der Waals surface area (Å²) >= 11 is 5.85. The summed E-state index contributed by atoms with van der Waals surface area (Å²) in [5.74, 6) is -1.18. The number of ketones is 1. The fourth-order valence-corrected chi connectivity index (χ4v) is 2.56. The molecule has 0 bridgehead atoms. The number of fused-ring (bicyclic) bond motifs is 1. The van der Waals surface area contributed by atoms with Crippen LogP contribution in [-0.2, 0) is 16.0 Å². The molecule has 0 saturated heterocycles. The average molecular weight is 298 g/mol. The molecule has 2 aromatic carbocycles. The molecule has 0 fully saturated rings. The monoisotopic (exact) mass is 297 g/mol. The van der Waals surface area contributed by atoms with E-state index in [4.69, 9.17) is 11.6 Å². The van der Waals surface area contributed by atoms with Gasteiger partial charge in [0.05, 0.1) is 0 Å². The van der Waals surface area contributed by atoms with Crippen molar-refractivity contribution >= 4 is 34.6 Å². The molecule has 1 aliphatic carbocycles. The zero-order valence-corrected chi connectivity index (χ0v) is 11.9. The highest BCUT2D eigenvalue weighted by atomic mass is 35.5. The van der Waals surface area contributed by atoms with Gasteiger partial charge in [-0.1, -0.05) is 48.0 Å². The van der Waals surface area contributed by atoms with Crippen molar-refractivity contribution in [2.24, 2.45) is 0 Å². The summed E-state index contributed by atoms with van der Waals surface area (Å²) in [7, 11) is 0. The molecule has 0 aromatic heterocycles. The minimum Gasteiger partial charge on any atom is -0.319 e. The van der Waals surface area contributed by atoms with Gasteiger partial charge >= 0.3 is 0 Å². The van der Waals surface area contributed by atoms with Gasteiger partial charge in [0.15, 0.2) is 0 Å². The second-order valence-corrected chi connectivity index (χ2v) is 5.21. The first-order valence-electron chi connectivity index (χ1n) is 6.55. The van der Waals surface area contributed by atoms with E-state index in [1.54, 1.807) is 30.3 Å². The molecular formula is C17H12ClNO2. The van der Waals surface area contributed by atoms with Crippen molar-refractivity contribution in [1.82, 2.24) is 0 Å². The maximum atomic E-state index is 12.3. The summed E-state index contributed by atoms with van der Waals surface area (Å²) in [5, 5.41) is 3.08. The van der Waals surface area contributed by atoms with Crippen LogP contribution in [0.5, 0.6) is 0 Å². The van der Waals surface area contributed by atoms with Gasteiger partial charge in [0, 0.05) is 16.3 Å². The van der Waals surface area contributed by atoms with Crippen molar-refractivity contribution < 1.29 is 9.59 Å². The molecule has 1 aliphatic rings. The summed E-state index contributed by atoms with van der Waals surface area (Å²) in [6.07, 6.45) is 2.48. The molecule has 3 rings (SSSR count). The summed E-state index contributed by atoms with van der Waals surface area (Å²) < 4.78 is 0. The van der Waals surface area contributed by atoms with E-state index in [2.05, 4.69) is 5.32 Å². The maximum Gasteiger partial charge on any atom is 0.296 e. The highest BCUT2D eigenvalue weighted by molar-refractivity contribution is 6.56. The molecule has 3 nitrogen and oxygen atoms in total. The van der Waals surface area contributed by atoms with Crippen LogP contribution in [0.1, 0.15) is 11.1 Å². The highest BCUT2D eigenvalue weighted by Crippen LogP contribution is 2.28. The Morgan fingerprint density at radius 3 is 2.67 bits per heavy atom. The van der Waals surface area contributed by atoms with Crippen LogP contribution in [-0.4, -0.2) is 11.7 Å². The summed E-state index contributed by atoms with van der Waals surface area (Å²) in [6.45, 7) is 0. The van der Waals surface area contributed by atoms with Crippen molar-refractivity contribution in [3.63, 3.8) is 0 Å². The Kier molecular flexibility index (Phi) is 3.59. The van der Waals surface area contributed by atoms with E-state index in [1.807, 2.05) is 24.3 Å². The Morgan fingerprint density at radius 1 is 1.05 bits per heavy atom. The lowest BCUT2D eigenvalue weighted by Gasteiger charge is -2.06. The van der Waals surface area contributed by atoms with Crippen molar-refractivity contribution in [3.8, 4) is 0 Å². The Morgan fingerprint density at radius 2 is 1.86 bits per heavy atom. The molecule has 0 atom stereocenters. The van der Waals surface area contributed by atoms with Crippen LogP contribution in [0.25, 0.3) is 5.57 Å². The standard InChI is InChI=1S/C17H12ClNO2/c18-12-5-3-6-13(10-12)19-17(21)16(20)15-9-8-11-4-1-2-7-14(11)15/h1-7,9-10H,8H2,(H,19,21). The average Bonchev–Trinajstić information content (AvgIpc) is 2.90. The Bertz CT molecular complexity index is 765. The zero-order valence-electron chi connectivity index (χ0n) is 11.1. The molecule has 0 radical (unpaired) electrons. The fraction of sp³-hybridized carbons (Fsp3) is 0.0588. The van der Waals surface area contributed by atoms with Gasteiger partial charge in [-0.05, 0) is 35.7 Å². The number of nitrogens with one attached hydrogen (secondary N) is 1. The lowest BCUT2D eigenvalue weighted by molar-refractivity contribution is -0.131. The first-order chi connectivity index (χ1) is 10.1. The highest BCUT2D eigenvalue weighted by Gasteiger charge is 2.25. The molecule has 104 valence electrons. The van der Waals surface area contributed by atoms with Crippen LogP contribution < -0.4 is 5.32 Å². The lowest BCUT2D eigenvalue weighted by atomic mass is 10.0. The lowest BCUT2D eigenvalue weighted by Crippen LogP contribution is -2.23. The third kappa shape index (κ3) is 2.73. The number of carbonyl (C=O) groups is 2. The molecule has 1 amide bonds. The fourth-order valence-electron chi connectivity index (χ4n) is 2.37. The first-order valence-corrected chi connectivity index (χ1v) is 6.92. The van der Waals surface area contributed by atoms with E-state index >= 15 is 0 Å². The molecule has 2 aromatic rings. The molecule has 0 aliphatic heterocycles. The maximum absolute atomic E-state index is 12.3. The van der Waals surface area contributed by atoms with Gasteiger partial charge in [-0.2, -0.15) is 0 Å². The number of rotatable bonds is 3. The summed E-state index contributed by atoms with van der Waals surface area (Å²) in [6, 6.07) is 14.3. The van der Waals surface area contributed by atoms with Gasteiger partial charge in [0.25, 0.3) is 11.7 Å². The van der Waals surface area contributed by atoms with Gasteiger partial charge in [-0.25, -0.2) is 0 Å². The third-order valence-electron chi connectivity index (χ3n) is 3.37. The van der Waals surface area contributed by atoms with E-state index in [-0.39, 0.29) is 0 Å². The molecule has 1 N–H and O–H groups in total. The first kappa shape index (κ1) is 13.6. The number of anilines is 1. The minimum atomic E-state index is -0.653. The Labute approximate surface area is 127 Å². The zero-order chi connectivity index (χ0) is 14.8. The minimum absolute atomic E-state index is 0.463. The SMILES string of the molecule is O=C(Nc1cccc(Cl)c1)C(=O)C1=CCc2ccccc21. The van der Waals surface area contributed by atoms with Crippen LogP contribution in [0.15, 0.2) is 54.6 Å². The van der Waals surface area contributed by atoms with Crippen LogP contribution in [0, 0.1) is 0 Å². The number of halogens is 1. The van der Waals surface area contributed by atoms with E-state index in [9.17, 15) is 9.59 Å². The predicted molar refractivity (Wildman–Crippen MR) is 83.2 cm³/mol. The van der Waals surface area contributed by atoms with Crippen molar-refractivity contribution in [2.45, 2.75) is 6.42 Å². The van der Waals surface area contributed by atoms with Gasteiger partial charge in [0.1, 0.15) is 0 Å². The van der Waals surface area contributed by atoms with Crippen LogP contribution in [0.2, 0.25) is 5.02 Å². The molecule has 4 heteroatoms. The van der Waals surface area contributed by atoms with Gasteiger partial charge in [-0.15, -0.1) is 0 Å². The van der Waals surface area contributed by atoms with Gasteiger partial charge in [-0.3, -0.25) is 9.59 Å². The molecule has 0 saturated carbocycles. The van der Waals surface area contributed by atoms with E-state index in [0.717, 1.165) is 11.1 Å². The topological polar surface area (TPSA) is 46.2 Å². The van der Waals surface area contributed by atoms with E-state index < -0.39 is 11.7 Å². The number of carbonyl (C=O) groups excluding carboxylic acids is 2. The van der Waals surface area contributed by atoms with Crippen molar-refractivity contribution in [3.05, 3.63) is 70.8 Å². The molecule has 0 spiro atoms. The summed E-state index contributed by atoms with van der Waals surface area (Å²) in [5.41, 5.74) is 2.87. The Hall–Kier alpha value is -2.39. The number of Topliss-reactive ketones (excluding diaryl/α,β-unsaturated/α-hetero) is 1. The largest absolute Gasteiger partial charge is 0.319 e. The molecule has 0 heterocycles. The van der Waals surface area contributed by atoms with Crippen LogP contribution in [0.4, 0.5) is 5.69 Å². The van der Waals surface area contributed by atoms with Gasteiger partial charge < -0.3 is 5.32 Å². The number of allylic oxidation sites excluding steroid dienone is 1. The number of amides is 1. The third-order valence-corrected chi connectivity index (χ3v) is 3.60. The molecule has 21 heavy (non-hydrogen) atoms. The number of hydrogen-bond acceptors (Lipinski definition) is 2. The van der Waals surface area contributed by atoms with Gasteiger partial charge in [0.2, 0.25) is 0 Å². The van der Waals surface area contributed by atoms with Crippen LogP contribution >= 0.6 is 11.6 Å². The molecular weight excluding hydrogens is 286 g/mol. The van der Waals surface area contributed by atoms with Crippen molar-refractivity contribution in [1.29, 1.82) is 0 Å². The smallest absolute Gasteiger partial charge is 0.296 e. The second kappa shape index (κ2) is 5.54. The van der Waals surface area contributed by atoms with E-state index in [0.29, 0.717) is 22.7 Å². The molecule has 0 unspecified atom stereocenters. The second-order valence-electron chi connectivity index (χ2n) is 4.77. The number of hydrogen-bond donors (Lipinski definition) is 1. The van der Waals surface area contributed by atoms with Crippen LogP contribution in [0.3, 0.4) is 0 Å². The summed E-state index contributed by atoms with van der Waals surface area (Å²) in [4.78, 5) is 24.4. The Balaban J connectivity index is 1.79. The van der Waals surface area contributed by atoms with E-state index in [1.165, 1.54) is 0 Å². The predicted octanol–water partition coefficient (Wildman–Crippen LogP) is 3.49. The number of benzene rings is 2. The normalized spacial score (nSPS) is 12.5. The van der Waals surface area contributed by atoms with Crippen molar-refractivity contribution in [2.75, 3.05) is 5.32 Å².